The summed E-state index contributed by atoms with van der Waals surface area (Å²) in [5, 5.41) is 12.9. The molecule has 2 N–H and O–H groups in total. The van der Waals surface area contributed by atoms with E-state index in [2.05, 4.69) is 34.3 Å². The van der Waals surface area contributed by atoms with Gasteiger partial charge >= 0.3 is 0 Å². The van der Waals surface area contributed by atoms with Crippen LogP contribution in [0.4, 0.5) is 5.69 Å². The first-order valence-electron chi connectivity index (χ1n) is 12.1. The minimum atomic E-state index is -0.268. The molecule has 1 heterocycles. The first-order valence-corrected chi connectivity index (χ1v) is 12.1. The fraction of sp³-hybridized carbons (Fsp3) is 0.276. The van der Waals surface area contributed by atoms with Crippen molar-refractivity contribution in [2.75, 3.05) is 51.8 Å². The molecule has 1 fully saturated rings. The van der Waals surface area contributed by atoms with E-state index < -0.39 is 0 Å². The maximum Gasteiger partial charge on any atom is 0.248 e. The van der Waals surface area contributed by atoms with E-state index in [1.165, 1.54) is 13.2 Å². The van der Waals surface area contributed by atoms with Crippen LogP contribution in [-0.2, 0) is 4.79 Å². The molecule has 2 aromatic rings. The number of phenolic OH excluding ortho intramolecular Hbond substituents is 1. The highest BCUT2D eigenvalue weighted by molar-refractivity contribution is 5.93. The lowest BCUT2D eigenvalue weighted by Gasteiger charge is -2.34. The van der Waals surface area contributed by atoms with Crippen molar-refractivity contribution in [3.8, 4) is 17.2 Å². The van der Waals surface area contributed by atoms with Gasteiger partial charge in [0.05, 0.1) is 12.8 Å². The van der Waals surface area contributed by atoms with Gasteiger partial charge in [-0.2, -0.15) is 0 Å². The number of rotatable bonds is 8. The lowest BCUT2D eigenvalue weighted by Crippen LogP contribution is -2.44. The third-order valence-corrected chi connectivity index (χ3v) is 6.23. The molecule has 0 unspecified atom stereocenters. The number of aromatic hydroxyl groups is 1. The van der Waals surface area contributed by atoms with Gasteiger partial charge in [-0.1, -0.05) is 36.4 Å². The van der Waals surface area contributed by atoms with Crippen molar-refractivity contribution < 1.29 is 19.4 Å². The summed E-state index contributed by atoms with van der Waals surface area (Å²) in [7, 11) is 3.64. The number of methoxy groups -OCH3 is 1. The van der Waals surface area contributed by atoms with Gasteiger partial charge in [-0.25, -0.2) is 0 Å². The summed E-state index contributed by atoms with van der Waals surface area (Å²) in [6.07, 6.45) is 11.8. The molecule has 4 rings (SSSR count). The Hall–Kier alpha value is -3.97. The van der Waals surface area contributed by atoms with Crippen molar-refractivity contribution in [3.05, 3.63) is 89.7 Å². The van der Waals surface area contributed by atoms with Crippen molar-refractivity contribution in [1.29, 1.82) is 0 Å². The summed E-state index contributed by atoms with van der Waals surface area (Å²) in [6.45, 7) is 4.31. The lowest BCUT2D eigenvalue weighted by atomic mass is 10.1. The van der Waals surface area contributed by atoms with Crippen LogP contribution >= 0.6 is 0 Å². The zero-order chi connectivity index (χ0) is 25.3. The predicted octanol–water partition coefficient (Wildman–Crippen LogP) is 4.13. The van der Waals surface area contributed by atoms with Crippen molar-refractivity contribution in [1.82, 2.24) is 10.2 Å². The smallest absolute Gasteiger partial charge is 0.248 e. The summed E-state index contributed by atoms with van der Waals surface area (Å²) in [5.41, 5.74) is 3.40. The van der Waals surface area contributed by atoms with E-state index in [1.807, 2.05) is 36.4 Å². The van der Waals surface area contributed by atoms with Crippen LogP contribution < -0.4 is 19.7 Å². The first kappa shape index (κ1) is 25.1. The Balaban J connectivity index is 1.41. The molecule has 1 aliphatic heterocycles. The number of likely N-dealkylation sites (N-methyl/N-ethyl adjacent to an activating group) is 1. The molecule has 0 spiro atoms. The topological polar surface area (TPSA) is 74.3 Å². The standard InChI is InChI=1S/C29H33N3O4/c1-31-16-18-32(19-17-31)25-10-6-7-11-27(25)36-21-23-8-4-3-5-9-24(23)30-29(34)15-13-22-12-14-28(35-2)26(33)20-22/h3,5-15,20,33H,4,16-19,21H2,1-2H3,(H,30,34). The molecular formula is C29H33N3O4. The predicted molar refractivity (Wildman–Crippen MR) is 143 cm³/mol. The van der Waals surface area contributed by atoms with Gasteiger partial charge in [0.25, 0.3) is 0 Å². The van der Waals surface area contributed by atoms with Crippen molar-refractivity contribution in [2.24, 2.45) is 0 Å². The van der Waals surface area contributed by atoms with Gasteiger partial charge in [0.2, 0.25) is 5.91 Å². The SMILES string of the molecule is COc1ccc(C=CC(=O)NC2=CC=CCC=C2COc2ccccc2N2CCN(C)CC2)cc1O. The normalized spacial score (nSPS) is 16.3. The number of allylic oxidation sites excluding steroid dienone is 4. The van der Waals surface area contributed by atoms with E-state index in [0.717, 1.165) is 49.6 Å². The third kappa shape index (κ3) is 6.58. The quantitative estimate of drug-likeness (QED) is 0.546. The van der Waals surface area contributed by atoms with Crippen LogP contribution in [0.1, 0.15) is 12.0 Å². The Morgan fingerprint density at radius 3 is 2.69 bits per heavy atom. The number of anilines is 1. The molecule has 0 aromatic heterocycles. The highest BCUT2D eigenvalue weighted by Gasteiger charge is 2.18. The Bertz CT molecular complexity index is 1190. The zero-order valence-electron chi connectivity index (χ0n) is 20.8. The highest BCUT2D eigenvalue weighted by Crippen LogP contribution is 2.30. The van der Waals surface area contributed by atoms with Gasteiger partial charge in [0.15, 0.2) is 11.5 Å². The Morgan fingerprint density at radius 1 is 1.11 bits per heavy atom. The fourth-order valence-corrected chi connectivity index (χ4v) is 4.13. The van der Waals surface area contributed by atoms with Gasteiger partial charge in [0.1, 0.15) is 12.4 Å². The van der Waals surface area contributed by atoms with Crippen molar-refractivity contribution in [3.63, 3.8) is 0 Å². The minimum absolute atomic E-state index is 0.0240. The highest BCUT2D eigenvalue weighted by atomic mass is 16.5. The molecular weight excluding hydrogens is 454 g/mol. The third-order valence-electron chi connectivity index (χ3n) is 6.23. The second-order valence-electron chi connectivity index (χ2n) is 8.77. The number of amides is 1. The number of para-hydroxylation sites is 2. The molecule has 2 aromatic carbocycles. The summed E-state index contributed by atoms with van der Waals surface area (Å²) < 4.78 is 11.3. The maximum absolute atomic E-state index is 12.7. The van der Waals surface area contributed by atoms with Crippen LogP contribution in [0.2, 0.25) is 0 Å². The molecule has 2 aliphatic rings. The Labute approximate surface area is 212 Å². The Kier molecular flexibility index (Phi) is 8.47. The summed E-state index contributed by atoms with van der Waals surface area (Å²) in [5.74, 6) is 0.979. The summed E-state index contributed by atoms with van der Waals surface area (Å²) in [4.78, 5) is 17.4. The maximum atomic E-state index is 12.7. The zero-order valence-corrected chi connectivity index (χ0v) is 20.8. The number of phenols is 1. The number of carbonyl (C=O) groups is 1. The van der Waals surface area contributed by atoms with E-state index in [1.54, 1.807) is 24.3 Å². The molecule has 1 amide bonds. The summed E-state index contributed by atoms with van der Waals surface area (Å²) in [6, 6.07) is 13.1. The first-order chi connectivity index (χ1) is 17.5. The van der Waals surface area contributed by atoms with Crippen molar-refractivity contribution >= 4 is 17.7 Å². The van der Waals surface area contributed by atoms with E-state index in [-0.39, 0.29) is 11.7 Å². The molecule has 0 saturated carbocycles. The number of carbonyl (C=O) groups excluding carboxylic acids is 1. The van der Waals surface area contributed by atoms with Gasteiger partial charge < -0.3 is 29.7 Å². The van der Waals surface area contributed by atoms with Crippen LogP contribution in [0, 0.1) is 0 Å². The molecule has 36 heavy (non-hydrogen) atoms. The van der Waals surface area contributed by atoms with Crippen LogP contribution in [0.25, 0.3) is 6.08 Å². The van der Waals surface area contributed by atoms with Gasteiger partial charge in [0, 0.05) is 43.5 Å². The minimum Gasteiger partial charge on any atom is -0.504 e. The van der Waals surface area contributed by atoms with Crippen LogP contribution in [0.5, 0.6) is 17.2 Å². The van der Waals surface area contributed by atoms with Gasteiger partial charge in [-0.3, -0.25) is 4.79 Å². The monoisotopic (exact) mass is 487 g/mol. The van der Waals surface area contributed by atoms with Crippen LogP contribution in [0.15, 0.2) is 84.1 Å². The van der Waals surface area contributed by atoms with Crippen LogP contribution in [0.3, 0.4) is 0 Å². The van der Waals surface area contributed by atoms with E-state index in [4.69, 9.17) is 9.47 Å². The molecule has 7 heteroatoms. The molecule has 0 atom stereocenters. The van der Waals surface area contributed by atoms with Gasteiger partial charge in [-0.15, -0.1) is 0 Å². The molecule has 7 nitrogen and oxygen atoms in total. The molecule has 1 aliphatic carbocycles. The number of nitrogens with zero attached hydrogens (tertiary/aromatic N) is 2. The number of hydrogen-bond acceptors (Lipinski definition) is 6. The average molecular weight is 488 g/mol. The lowest BCUT2D eigenvalue weighted by molar-refractivity contribution is -0.115. The van der Waals surface area contributed by atoms with Crippen LogP contribution in [-0.4, -0.2) is 62.9 Å². The number of hydrogen-bond donors (Lipinski definition) is 2. The number of ether oxygens (including phenoxy) is 2. The van der Waals surface area contributed by atoms with Gasteiger partial charge in [-0.05, 0) is 55.4 Å². The average Bonchev–Trinajstić information content (AvgIpc) is 3.12. The molecule has 1 saturated heterocycles. The fourth-order valence-electron chi connectivity index (χ4n) is 4.13. The second-order valence-corrected chi connectivity index (χ2v) is 8.77. The van der Waals surface area contributed by atoms with E-state index in [0.29, 0.717) is 23.6 Å². The molecule has 188 valence electrons. The van der Waals surface area contributed by atoms with E-state index >= 15 is 0 Å². The Morgan fingerprint density at radius 2 is 1.92 bits per heavy atom. The molecule has 0 bridgehead atoms. The number of piperazine rings is 1. The van der Waals surface area contributed by atoms with E-state index in [9.17, 15) is 9.90 Å². The van der Waals surface area contributed by atoms with Crippen molar-refractivity contribution in [2.45, 2.75) is 6.42 Å². The number of nitrogens with one attached hydrogen (secondary N) is 1. The second kappa shape index (κ2) is 12.1. The largest absolute Gasteiger partial charge is 0.504 e. The summed E-state index contributed by atoms with van der Waals surface area (Å²) >= 11 is 0. The molecule has 0 radical (unpaired) electrons. The number of benzene rings is 2.